The maximum atomic E-state index is 12.4. The van der Waals surface area contributed by atoms with Crippen LogP contribution in [0.25, 0.3) is 5.82 Å². The van der Waals surface area contributed by atoms with Gasteiger partial charge >= 0.3 is 6.18 Å². The molecule has 0 unspecified atom stereocenters. The van der Waals surface area contributed by atoms with Crippen molar-refractivity contribution in [3.05, 3.63) is 34.5 Å². The molecule has 8 heteroatoms. The van der Waals surface area contributed by atoms with Gasteiger partial charge in [-0.25, -0.2) is 14.6 Å². The minimum Gasteiger partial charge on any atom is -0.240 e. The van der Waals surface area contributed by atoms with Crippen molar-refractivity contribution < 1.29 is 13.2 Å². The lowest BCUT2D eigenvalue weighted by Gasteiger charge is -2.04. The van der Waals surface area contributed by atoms with Crippen molar-refractivity contribution in [1.82, 2.24) is 19.7 Å². The molecule has 0 aromatic carbocycles. The Morgan fingerprint density at radius 3 is 2.65 bits per heavy atom. The maximum Gasteiger partial charge on any atom is 0.435 e. The Morgan fingerprint density at radius 2 is 2.06 bits per heavy atom. The lowest BCUT2D eigenvalue weighted by atomic mass is 10.4. The van der Waals surface area contributed by atoms with E-state index in [4.69, 9.17) is 0 Å². The van der Waals surface area contributed by atoms with Crippen LogP contribution in [0, 0.1) is 6.92 Å². The number of alkyl halides is 3. The molecule has 0 aliphatic rings. The zero-order chi connectivity index (χ0) is 12.6. The highest BCUT2D eigenvalue weighted by Crippen LogP contribution is 2.28. The average molecular weight is 307 g/mol. The van der Waals surface area contributed by atoms with Gasteiger partial charge in [0.1, 0.15) is 5.82 Å². The van der Waals surface area contributed by atoms with Crippen LogP contribution in [0.1, 0.15) is 11.5 Å². The van der Waals surface area contributed by atoms with Crippen molar-refractivity contribution >= 4 is 15.9 Å². The van der Waals surface area contributed by atoms with Gasteiger partial charge in [-0.1, -0.05) is 0 Å². The summed E-state index contributed by atoms with van der Waals surface area (Å²) in [6.07, 6.45) is -1.79. The predicted molar refractivity (Wildman–Crippen MR) is 56.6 cm³/mol. The first-order valence-corrected chi connectivity index (χ1v) is 5.29. The smallest absolute Gasteiger partial charge is 0.240 e. The zero-order valence-corrected chi connectivity index (χ0v) is 10.1. The van der Waals surface area contributed by atoms with E-state index in [1.807, 2.05) is 0 Å². The number of halogens is 4. The highest BCUT2D eigenvalue weighted by Gasteiger charge is 2.33. The quantitative estimate of drug-likeness (QED) is 0.813. The molecule has 2 heterocycles. The maximum absolute atomic E-state index is 12.4. The molecule has 0 aliphatic heterocycles. The second-order valence-corrected chi connectivity index (χ2v) is 4.09. The van der Waals surface area contributed by atoms with Gasteiger partial charge in [0, 0.05) is 12.4 Å². The highest BCUT2D eigenvalue weighted by atomic mass is 79.9. The van der Waals surface area contributed by atoms with Crippen LogP contribution in [0.4, 0.5) is 13.2 Å². The van der Waals surface area contributed by atoms with Crippen LogP contribution >= 0.6 is 15.9 Å². The van der Waals surface area contributed by atoms with Gasteiger partial charge in [0.25, 0.3) is 0 Å². The zero-order valence-electron chi connectivity index (χ0n) is 8.53. The van der Waals surface area contributed by atoms with Gasteiger partial charge in [0.2, 0.25) is 0 Å². The molecule has 2 aromatic rings. The van der Waals surface area contributed by atoms with E-state index in [0.717, 1.165) is 10.7 Å². The molecule has 0 saturated heterocycles. The molecule has 2 rings (SSSR count). The minimum atomic E-state index is -4.46. The normalized spacial score (nSPS) is 11.8. The molecule has 90 valence electrons. The first-order chi connectivity index (χ1) is 7.88. The molecule has 0 bridgehead atoms. The molecule has 0 atom stereocenters. The van der Waals surface area contributed by atoms with Gasteiger partial charge in [-0.15, -0.1) is 0 Å². The molecule has 0 aliphatic carbocycles. The average Bonchev–Trinajstić information content (AvgIpc) is 2.70. The monoisotopic (exact) mass is 306 g/mol. The van der Waals surface area contributed by atoms with Crippen molar-refractivity contribution in [2.75, 3.05) is 0 Å². The molecule has 0 spiro atoms. The van der Waals surface area contributed by atoms with Crippen LogP contribution in [-0.4, -0.2) is 19.7 Å². The SMILES string of the molecule is Cc1ncc(Br)c(-n2ccc(C(F)(F)F)n2)n1. The molecular weight excluding hydrogens is 301 g/mol. The molecule has 0 saturated carbocycles. The molecule has 17 heavy (non-hydrogen) atoms. The molecular formula is C9H6BrF3N4. The number of hydrogen-bond donors (Lipinski definition) is 0. The summed E-state index contributed by atoms with van der Waals surface area (Å²) in [5.41, 5.74) is -0.958. The third-order valence-electron chi connectivity index (χ3n) is 1.94. The van der Waals surface area contributed by atoms with Crippen molar-refractivity contribution in [3.63, 3.8) is 0 Å². The summed E-state index contributed by atoms with van der Waals surface area (Å²) in [6, 6.07) is 0.893. The molecule has 2 aromatic heterocycles. The van der Waals surface area contributed by atoms with Gasteiger partial charge in [-0.3, -0.25) is 0 Å². The summed E-state index contributed by atoms with van der Waals surface area (Å²) < 4.78 is 38.7. The first-order valence-electron chi connectivity index (χ1n) is 4.50. The summed E-state index contributed by atoms with van der Waals surface area (Å²) in [7, 11) is 0. The molecule has 0 fully saturated rings. The van der Waals surface area contributed by atoms with E-state index < -0.39 is 11.9 Å². The van der Waals surface area contributed by atoms with E-state index in [1.54, 1.807) is 6.92 Å². The Morgan fingerprint density at radius 1 is 1.35 bits per heavy atom. The number of hydrogen-bond acceptors (Lipinski definition) is 3. The van der Waals surface area contributed by atoms with Crippen LogP contribution in [-0.2, 0) is 6.18 Å². The number of aromatic nitrogens is 4. The van der Waals surface area contributed by atoms with Crippen LogP contribution in [0.5, 0.6) is 0 Å². The van der Waals surface area contributed by atoms with Gasteiger partial charge < -0.3 is 0 Å². The van der Waals surface area contributed by atoms with Gasteiger partial charge in [-0.05, 0) is 28.9 Å². The minimum absolute atomic E-state index is 0.271. The fourth-order valence-electron chi connectivity index (χ4n) is 1.20. The summed E-state index contributed by atoms with van der Waals surface area (Å²) >= 11 is 3.16. The van der Waals surface area contributed by atoms with Crippen LogP contribution in [0.15, 0.2) is 22.9 Å². The van der Waals surface area contributed by atoms with Gasteiger partial charge in [0.15, 0.2) is 11.5 Å². The summed E-state index contributed by atoms with van der Waals surface area (Å²) in [6.45, 7) is 1.64. The Labute approximate surface area is 103 Å². The van der Waals surface area contributed by atoms with E-state index in [0.29, 0.717) is 10.3 Å². The number of aryl methyl sites for hydroxylation is 1. The predicted octanol–water partition coefficient (Wildman–Crippen LogP) is 2.75. The third-order valence-corrected chi connectivity index (χ3v) is 2.50. The van der Waals surface area contributed by atoms with Crippen molar-refractivity contribution in [2.45, 2.75) is 13.1 Å². The molecule has 0 amide bonds. The largest absolute Gasteiger partial charge is 0.435 e. The van der Waals surface area contributed by atoms with Gasteiger partial charge in [-0.2, -0.15) is 18.3 Å². The van der Waals surface area contributed by atoms with Crippen LogP contribution in [0.3, 0.4) is 0 Å². The van der Waals surface area contributed by atoms with E-state index in [2.05, 4.69) is 31.0 Å². The Bertz CT molecular complexity index is 549. The lowest BCUT2D eigenvalue weighted by Crippen LogP contribution is -2.08. The fourth-order valence-corrected chi connectivity index (χ4v) is 1.57. The standard InChI is InChI=1S/C9H6BrF3N4/c1-5-14-4-6(10)8(15-5)17-3-2-7(16-17)9(11,12)13/h2-4H,1H3. The molecule has 0 N–H and O–H groups in total. The van der Waals surface area contributed by atoms with Crippen molar-refractivity contribution in [3.8, 4) is 5.82 Å². The van der Waals surface area contributed by atoms with E-state index in [1.165, 1.54) is 12.4 Å². The van der Waals surface area contributed by atoms with Crippen molar-refractivity contribution in [1.29, 1.82) is 0 Å². The Balaban J connectivity index is 2.47. The summed E-state index contributed by atoms with van der Waals surface area (Å²) in [5, 5.41) is 3.43. The number of rotatable bonds is 1. The van der Waals surface area contributed by atoms with E-state index in [-0.39, 0.29) is 5.82 Å². The van der Waals surface area contributed by atoms with E-state index >= 15 is 0 Å². The second-order valence-electron chi connectivity index (χ2n) is 3.23. The Kier molecular flexibility index (Phi) is 2.90. The fraction of sp³-hybridized carbons (Fsp3) is 0.222. The van der Waals surface area contributed by atoms with Crippen LogP contribution < -0.4 is 0 Å². The Hall–Kier alpha value is -1.44. The summed E-state index contributed by atoms with van der Waals surface area (Å²) in [5.74, 6) is 0.722. The first kappa shape index (κ1) is 12.0. The molecule has 0 radical (unpaired) electrons. The topological polar surface area (TPSA) is 43.6 Å². The molecule has 4 nitrogen and oxygen atoms in total. The van der Waals surface area contributed by atoms with Crippen molar-refractivity contribution in [2.24, 2.45) is 0 Å². The van der Waals surface area contributed by atoms with Gasteiger partial charge in [0.05, 0.1) is 4.47 Å². The van der Waals surface area contributed by atoms with Crippen LogP contribution in [0.2, 0.25) is 0 Å². The number of nitrogens with zero attached hydrogens (tertiary/aromatic N) is 4. The second kappa shape index (κ2) is 4.10. The third kappa shape index (κ3) is 2.46. The van der Waals surface area contributed by atoms with E-state index in [9.17, 15) is 13.2 Å². The highest BCUT2D eigenvalue weighted by molar-refractivity contribution is 9.10. The lowest BCUT2D eigenvalue weighted by molar-refractivity contribution is -0.141. The summed E-state index contributed by atoms with van der Waals surface area (Å²) in [4.78, 5) is 7.91.